The molecule has 0 saturated carbocycles. The smallest absolute Gasteiger partial charge is 0.407 e. The van der Waals surface area contributed by atoms with E-state index in [1.165, 1.54) is 129 Å². The molecule has 0 radical (unpaired) electrons. The molecule has 52 heteroatoms. The van der Waals surface area contributed by atoms with Gasteiger partial charge in [-0.2, -0.15) is 38.7 Å². The standard InChI is InChI=1S/C23H26N10O4S.C20H21N9O2S.C14H18N10O2S.C12H11ClN8O2S/c1-15-28-19(26-11-12-27-23(34)37-14-16-5-3-2-4-6-16)13-20(29-15)33-21(24)31-22(32-33)30-17-7-9-18(10-8-17)38(25,35)36;1-13-17(23-11-14-5-3-2-4-6-14)24-12-25-18(13)29-19(21)27-20(28-29)26-15-7-9-16(10-8-15)32(22,30)31;15-5-6-18-11-7-12(20-8-19-11)24-13(16)22-14(23-24)21-9-1-3-10(4-2-9)27(17,25)26;13-9-5-10(17-6-16-9)21-11(14)19-12(20-21)18-7-1-3-8(4-2-7)24(15,22)23/h2-10,13H,11-12,14H2,1H3,(H,27,34)(H2,25,35,36)(H,26,28,29)(H3,24,30,31,32);2-10,12H,11H2,1H3,(H2,22,30,31)(H,23,24,25)(H3,21,26,27,28);1-4,7-8H,5-6,15H2,(H2,17,25,26)(H,18,19,20)(H3,16,21,22,23);1-6H,(H2,15,22,23)(H3,14,18,19,20). The number of hydrogen-bond acceptors (Lipinski definition) is 38. The molecule has 0 spiro atoms. The van der Waals surface area contributed by atoms with Gasteiger partial charge in [0.25, 0.3) is 0 Å². The average molecular weight is 1750 g/mol. The zero-order chi connectivity index (χ0) is 86.6. The summed E-state index contributed by atoms with van der Waals surface area (Å²) >= 11 is 5.81. The Morgan fingerprint density at radius 2 is 0.802 bits per heavy atom. The number of alkyl carbamates (subject to hydrolysis) is 1. The molecular weight excluding hydrogens is 1670 g/mol. The molecule has 0 aliphatic heterocycles. The Hall–Kier alpha value is -14.8. The number of ether oxygens (including phenoxy) is 1. The van der Waals surface area contributed by atoms with Crippen molar-refractivity contribution in [2.24, 2.45) is 26.3 Å². The van der Waals surface area contributed by atoms with Crippen molar-refractivity contribution in [2.45, 2.75) is 46.6 Å². The topological polar surface area (TPSA) is 719 Å². The maximum Gasteiger partial charge on any atom is 0.407 e. The molecule has 0 atom stereocenters. The van der Waals surface area contributed by atoms with Crippen LogP contribution in [0.25, 0.3) is 23.3 Å². The fourth-order valence-corrected chi connectivity index (χ4v) is 12.5. The predicted molar refractivity (Wildman–Crippen MR) is 449 cm³/mol. The number of nitrogens with one attached hydrogen (secondary N) is 8. The molecule has 8 heterocycles. The molecule has 0 unspecified atom stereocenters. The summed E-state index contributed by atoms with van der Waals surface area (Å²) in [7, 11) is -15.1. The number of aryl methyl sites for hydroxylation is 1. The number of nitrogens with two attached hydrogens (primary N) is 9. The van der Waals surface area contributed by atoms with E-state index >= 15 is 0 Å². The monoisotopic (exact) mass is 1750 g/mol. The lowest BCUT2D eigenvalue weighted by molar-refractivity contribution is 0.140. The van der Waals surface area contributed by atoms with Crippen LogP contribution in [0.15, 0.2) is 214 Å². The Labute approximate surface area is 694 Å². The van der Waals surface area contributed by atoms with Crippen molar-refractivity contribution in [1.82, 2.24) is 104 Å². The Morgan fingerprint density at radius 3 is 1.24 bits per heavy atom. The van der Waals surface area contributed by atoms with E-state index in [9.17, 15) is 38.5 Å². The molecule has 26 N–H and O–H groups in total. The van der Waals surface area contributed by atoms with E-state index < -0.39 is 46.2 Å². The maximum absolute atomic E-state index is 11.9. The number of carbonyl (C=O) groups excluding carboxylic acids is 1. The van der Waals surface area contributed by atoms with E-state index in [2.05, 4.69) is 123 Å². The van der Waals surface area contributed by atoms with Crippen LogP contribution < -0.4 is 91.8 Å². The van der Waals surface area contributed by atoms with Gasteiger partial charge in [-0.25, -0.2) is 98.9 Å². The summed E-state index contributed by atoms with van der Waals surface area (Å²) in [6.07, 6.45) is 3.55. The van der Waals surface area contributed by atoms with Gasteiger partial charge < -0.3 is 75.9 Å². The van der Waals surface area contributed by atoms with Crippen LogP contribution in [0.4, 0.5) is 92.6 Å². The molecule has 8 aromatic heterocycles. The number of hydrogen-bond donors (Lipinski definition) is 17. The van der Waals surface area contributed by atoms with Crippen LogP contribution in [0.2, 0.25) is 5.15 Å². The van der Waals surface area contributed by atoms with Crippen LogP contribution in [-0.4, -0.2) is 165 Å². The van der Waals surface area contributed by atoms with Crippen LogP contribution in [0.3, 0.4) is 0 Å². The number of halogens is 1. The number of benzene rings is 6. The van der Waals surface area contributed by atoms with E-state index in [4.69, 9.17) is 65.6 Å². The highest BCUT2D eigenvalue weighted by molar-refractivity contribution is 7.90. The molecule has 121 heavy (non-hydrogen) atoms. The minimum absolute atomic E-state index is 0.00156. The summed E-state index contributed by atoms with van der Waals surface area (Å²) in [5.41, 5.74) is 34.3. The Bertz CT molecular complexity index is 6410. The number of nitrogen functional groups attached to an aromatic ring is 4. The fourth-order valence-electron chi connectivity index (χ4n) is 10.3. The van der Waals surface area contributed by atoms with Gasteiger partial charge >= 0.3 is 6.09 Å². The second-order valence-corrected chi connectivity index (χ2v) is 31.5. The van der Waals surface area contributed by atoms with Crippen molar-refractivity contribution in [3.63, 3.8) is 0 Å². The van der Waals surface area contributed by atoms with Gasteiger partial charge in [-0.15, -0.1) is 20.4 Å². The van der Waals surface area contributed by atoms with Crippen LogP contribution in [0, 0.1) is 13.8 Å². The second-order valence-electron chi connectivity index (χ2n) is 24.9. The molecule has 0 saturated heterocycles. The third-order valence-electron chi connectivity index (χ3n) is 16.0. The summed E-state index contributed by atoms with van der Waals surface area (Å²) in [5, 5.41) is 61.6. The number of primary sulfonamides is 4. The van der Waals surface area contributed by atoms with Gasteiger partial charge in [0.2, 0.25) is 87.7 Å². The molecule has 47 nitrogen and oxygen atoms in total. The lowest BCUT2D eigenvalue weighted by Gasteiger charge is -2.11. The molecule has 14 rings (SSSR count). The molecular formula is C69H76ClN37O10S4. The Kier molecular flexibility index (Phi) is 28.0. The molecule has 0 bridgehead atoms. The van der Waals surface area contributed by atoms with Crippen molar-refractivity contribution in [1.29, 1.82) is 0 Å². The molecule has 0 aliphatic carbocycles. The van der Waals surface area contributed by atoms with Crippen molar-refractivity contribution in [3.05, 3.63) is 223 Å². The number of aromatic nitrogens is 20. The maximum atomic E-state index is 11.9. The molecule has 0 aliphatic rings. The summed E-state index contributed by atoms with van der Waals surface area (Å²) in [6.45, 7) is 6.07. The molecule has 1 amide bonds. The number of rotatable bonds is 28. The van der Waals surface area contributed by atoms with Gasteiger partial charge in [0.05, 0.1) is 19.6 Å². The summed E-state index contributed by atoms with van der Waals surface area (Å²) < 4.78 is 101. The normalized spacial score (nSPS) is 11.3. The zero-order valence-corrected chi connectivity index (χ0v) is 67.5. The van der Waals surface area contributed by atoms with E-state index in [1.807, 2.05) is 67.6 Å². The second kappa shape index (κ2) is 38.9. The van der Waals surface area contributed by atoms with Crippen molar-refractivity contribution >= 4 is 146 Å². The number of carbonyl (C=O) groups is 1. The third kappa shape index (κ3) is 24.9. The fraction of sp³-hybridized carbons (Fsp3) is 0.116. The van der Waals surface area contributed by atoms with E-state index in [0.717, 1.165) is 16.7 Å². The third-order valence-corrected chi connectivity index (χ3v) is 19.9. The molecule has 628 valence electrons. The van der Waals surface area contributed by atoms with Crippen molar-refractivity contribution in [2.75, 3.05) is 86.3 Å². The predicted octanol–water partition coefficient (Wildman–Crippen LogP) is 3.71. The van der Waals surface area contributed by atoms with E-state index in [1.54, 1.807) is 31.2 Å². The van der Waals surface area contributed by atoms with E-state index in [0.29, 0.717) is 102 Å². The number of nitrogens with zero attached hydrogens (tertiary/aromatic N) is 20. The Balaban J connectivity index is 0.000000160. The van der Waals surface area contributed by atoms with Crippen LogP contribution >= 0.6 is 11.6 Å². The van der Waals surface area contributed by atoms with Crippen molar-refractivity contribution in [3.8, 4) is 23.3 Å². The van der Waals surface area contributed by atoms with Gasteiger partial charge in [0, 0.05) is 79.2 Å². The van der Waals surface area contributed by atoms with Crippen molar-refractivity contribution < 1.29 is 43.2 Å². The average Bonchev–Trinajstić information content (AvgIpc) is 1.69. The number of amides is 1. The molecule has 14 aromatic rings. The number of sulfonamides is 4. The summed E-state index contributed by atoms with van der Waals surface area (Å²) in [5.74, 6) is 5.05. The minimum atomic E-state index is -3.80. The van der Waals surface area contributed by atoms with Gasteiger partial charge in [-0.05, 0) is 122 Å². The molecule has 0 fully saturated rings. The van der Waals surface area contributed by atoms with Crippen LogP contribution in [0.1, 0.15) is 22.5 Å². The molecule has 6 aromatic carbocycles. The SMILES string of the molecule is Cc1c(NCc2ccccc2)ncnc1-n1nc(Nc2ccc(S(N)(=O)=O)cc2)nc1N.Cc1nc(NCCNC(=O)OCc2ccccc2)cc(-n2nc(Nc3ccc(S(N)(=O)=O)cc3)nc2N)n1.NCCNc1cc(-n2nc(Nc3ccc(S(N)(=O)=O)cc3)nc2N)ncn1.Nc1nc(Nc2ccc(S(N)(=O)=O)cc2)nn1-c1cc(Cl)ncn1. The first-order valence-electron chi connectivity index (χ1n) is 35.1. The lowest BCUT2D eigenvalue weighted by Crippen LogP contribution is -2.29. The first-order chi connectivity index (χ1) is 57.7. The zero-order valence-electron chi connectivity index (χ0n) is 63.5. The highest BCUT2D eigenvalue weighted by Gasteiger charge is 2.20. The van der Waals surface area contributed by atoms with Gasteiger partial charge in [-0.3, -0.25) is 0 Å². The van der Waals surface area contributed by atoms with Crippen LogP contribution in [0.5, 0.6) is 0 Å². The van der Waals surface area contributed by atoms with Gasteiger partial charge in [0.1, 0.15) is 54.0 Å². The lowest BCUT2D eigenvalue weighted by atomic mass is 10.2. The van der Waals surface area contributed by atoms with Gasteiger partial charge in [-0.1, -0.05) is 72.3 Å². The quantitative estimate of drug-likeness (QED) is 0.0245. The highest BCUT2D eigenvalue weighted by Crippen LogP contribution is 2.27. The minimum Gasteiger partial charge on any atom is -0.445 e. The van der Waals surface area contributed by atoms with E-state index in [-0.39, 0.29) is 78.9 Å². The Morgan fingerprint density at radius 1 is 0.413 bits per heavy atom. The largest absolute Gasteiger partial charge is 0.445 e. The first kappa shape index (κ1) is 87.0. The van der Waals surface area contributed by atoms with Gasteiger partial charge in [0.15, 0.2) is 23.3 Å². The number of anilines is 15. The first-order valence-corrected chi connectivity index (χ1v) is 41.6. The van der Waals surface area contributed by atoms with Crippen LogP contribution in [-0.2, 0) is 58.0 Å². The summed E-state index contributed by atoms with van der Waals surface area (Å²) in [4.78, 5) is 61.8. The highest BCUT2D eigenvalue weighted by atomic mass is 35.5. The summed E-state index contributed by atoms with van der Waals surface area (Å²) in [6, 6.07) is 47.4.